The Morgan fingerprint density at radius 3 is 1.81 bits per heavy atom. The Morgan fingerprint density at radius 2 is 1.35 bits per heavy atom. The number of carboxylic acids is 1. The molecule has 0 aliphatic carbocycles. The zero-order valence-electron chi connectivity index (χ0n) is 17.7. The fraction of sp³-hybridized carbons (Fsp3) is 0.296. The van der Waals surface area contributed by atoms with Crippen LogP contribution < -0.4 is 0 Å². The first-order chi connectivity index (χ1) is 15.2. The molecule has 0 radical (unpaired) electrons. The van der Waals surface area contributed by atoms with E-state index in [0.29, 0.717) is 19.7 Å². The van der Waals surface area contributed by atoms with Crippen LogP contribution in [0.1, 0.15) is 29.5 Å². The molecule has 1 aliphatic heterocycles. The lowest BCUT2D eigenvalue weighted by Crippen LogP contribution is -2.42. The van der Waals surface area contributed by atoms with Gasteiger partial charge in [0.1, 0.15) is 5.60 Å². The molecule has 0 unspecified atom stereocenters. The Bertz CT molecular complexity index is 863. The van der Waals surface area contributed by atoms with E-state index in [1.165, 1.54) is 0 Å². The summed E-state index contributed by atoms with van der Waals surface area (Å²) in [6, 6.07) is 31.0. The first-order valence-electron chi connectivity index (χ1n) is 11.0. The highest BCUT2D eigenvalue weighted by atomic mass is 16.5. The van der Waals surface area contributed by atoms with Gasteiger partial charge >= 0.3 is 5.97 Å². The number of rotatable bonds is 8. The van der Waals surface area contributed by atoms with Crippen LogP contribution in [-0.4, -0.2) is 42.2 Å². The molecule has 1 atom stereocenters. The molecule has 3 aromatic carbocycles. The minimum absolute atomic E-state index is 0.282. The summed E-state index contributed by atoms with van der Waals surface area (Å²) in [6.07, 6.45) is 1.67. The molecule has 4 nitrogen and oxygen atoms in total. The fourth-order valence-electron chi connectivity index (χ4n) is 4.56. The van der Waals surface area contributed by atoms with Gasteiger partial charge in [-0.15, -0.1) is 0 Å². The first-order valence-corrected chi connectivity index (χ1v) is 11.0. The maximum Gasteiger partial charge on any atom is 0.307 e. The van der Waals surface area contributed by atoms with Gasteiger partial charge in [0.15, 0.2) is 0 Å². The van der Waals surface area contributed by atoms with Crippen molar-refractivity contribution < 1.29 is 14.6 Å². The van der Waals surface area contributed by atoms with E-state index in [1.807, 2.05) is 54.6 Å². The SMILES string of the molecule is O=C(O)[C@H]1CCCN(CCOC(c2ccccc2)(c2ccccc2)c2ccccc2)C1. The maximum absolute atomic E-state index is 11.4. The topological polar surface area (TPSA) is 49.8 Å². The van der Waals surface area contributed by atoms with Gasteiger partial charge in [-0.3, -0.25) is 4.79 Å². The Labute approximate surface area is 184 Å². The van der Waals surface area contributed by atoms with Gasteiger partial charge in [-0.25, -0.2) is 0 Å². The molecule has 1 N–H and O–H groups in total. The summed E-state index contributed by atoms with van der Waals surface area (Å²) < 4.78 is 6.80. The van der Waals surface area contributed by atoms with Crippen molar-refractivity contribution in [3.63, 3.8) is 0 Å². The molecule has 0 amide bonds. The second kappa shape index (κ2) is 9.90. The van der Waals surface area contributed by atoms with Crippen LogP contribution in [0, 0.1) is 5.92 Å². The Balaban J connectivity index is 1.65. The molecule has 4 heteroatoms. The summed E-state index contributed by atoms with van der Waals surface area (Å²) in [5.41, 5.74) is 2.50. The van der Waals surface area contributed by atoms with Crippen LogP contribution in [0.4, 0.5) is 0 Å². The minimum atomic E-state index is -0.730. The van der Waals surface area contributed by atoms with Crippen molar-refractivity contribution in [1.29, 1.82) is 0 Å². The predicted octanol–water partition coefficient (Wildman–Crippen LogP) is 4.79. The van der Waals surface area contributed by atoms with Crippen LogP contribution in [0.5, 0.6) is 0 Å². The lowest BCUT2D eigenvalue weighted by molar-refractivity contribution is -0.143. The number of benzene rings is 3. The summed E-state index contributed by atoms with van der Waals surface area (Å²) in [6.45, 7) is 2.72. The average Bonchev–Trinajstić information content (AvgIpc) is 2.84. The van der Waals surface area contributed by atoms with Crippen LogP contribution >= 0.6 is 0 Å². The van der Waals surface area contributed by atoms with E-state index in [-0.39, 0.29) is 5.92 Å². The number of aliphatic carboxylic acids is 1. The summed E-state index contributed by atoms with van der Waals surface area (Å²) in [5, 5.41) is 9.40. The zero-order chi connectivity index (χ0) is 21.5. The van der Waals surface area contributed by atoms with E-state index in [0.717, 1.165) is 36.1 Å². The normalized spacial score (nSPS) is 17.4. The summed E-state index contributed by atoms with van der Waals surface area (Å²) >= 11 is 0. The Morgan fingerprint density at radius 1 is 0.871 bits per heavy atom. The molecule has 3 aromatic rings. The van der Waals surface area contributed by atoms with Crippen molar-refractivity contribution in [3.8, 4) is 0 Å². The van der Waals surface area contributed by atoms with Gasteiger partial charge < -0.3 is 14.7 Å². The van der Waals surface area contributed by atoms with E-state index < -0.39 is 11.6 Å². The third-order valence-electron chi connectivity index (χ3n) is 6.12. The number of carboxylic acid groups (broad SMARTS) is 1. The molecule has 0 aromatic heterocycles. The predicted molar refractivity (Wildman–Crippen MR) is 122 cm³/mol. The van der Waals surface area contributed by atoms with Gasteiger partial charge in [0.2, 0.25) is 0 Å². The number of hydrogen-bond acceptors (Lipinski definition) is 3. The standard InChI is InChI=1S/C27H29NO3/c29-26(30)22-11-10-18-28(21-22)19-20-31-27(23-12-4-1-5-13-23,24-14-6-2-7-15-24)25-16-8-3-9-17-25/h1-9,12-17,22H,10-11,18-21H2,(H,29,30)/t22-/m0/s1. The molecule has 0 bridgehead atoms. The van der Waals surface area contributed by atoms with Crippen molar-refractivity contribution >= 4 is 5.97 Å². The van der Waals surface area contributed by atoms with Crippen LogP contribution in [0.2, 0.25) is 0 Å². The first kappa shape index (κ1) is 21.3. The van der Waals surface area contributed by atoms with Crippen molar-refractivity contribution in [3.05, 3.63) is 108 Å². The second-order valence-electron chi connectivity index (χ2n) is 8.11. The Kier molecular flexibility index (Phi) is 6.80. The molecule has 1 saturated heterocycles. The molecular weight excluding hydrogens is 386 g/mol. The van der Waals surface area contributed by atoms with E-state index in [1.54, 1.807) is 0 Å². The molecule has 0 spiro atoms. The van der Waals surface area contributed by atoms with E-state index >= 15 is 0 Å². The lowest BCUT2D eigenvalue weighted by atomic mass is 9.80. The summed E-state index contributed by atoms with van der Waals surface area (Å²) in [7, 11) is 0. The number of nitrogens with zero attached hydrogens (tertiary/aromatic N) is 1. The van der Waals surface area contributed by atoms with E-state index in [4.69, 9.17) is 4.74 Å². The third kappa shape index (κ3) is 4.71. The number of likely N-dealkylation sites (tertiary alicyclic amines) is 1. The van der Waals surface area contributed by atoms with Gasteiger partial charge in [0.25, 0.3) is 0 Å². The van der Waals surface area contributed by atoms with Crippen molar-refractivity contribution in [1.82, 2.24) is 4.90 Å². The second-order valence-corrected chi connectivity index (χ2v) is 8.11. The molecular formula is C27H29NO3. The molecule has 1 aliphatic rings. The number of ether oxygens (including phenoxy) is 1. The summed E-state index contributed by atoms with van der Waals surface area (Å²) in [4.78, 5) is 13.6. The maximum atomic E-state index is 11.4. The van der Waals surface area contributed by atoms with Gasteiger partial charge in [0.05, 0.1) is 12.5 Å². The molecule has 0 saturated carbocycles. The van der Waals surface area contributed by atoms with E-state index in [9.17, 15) is 9.90 Å². The zero-order valence-corrected chi connectivity index (χ0v) is 17.7. The quantitative estimate of drug-likeness (QED) is 0.538. The third-order valence-corrected chi connectivity index (χ3v) is 6.12. The highest BCUT2D eigenvalue weighted by molar-refractivity contribution is 5.70. The monoisotopic (exact) mass is 415 g/mol. The fourth-order valence-corrected chi connectivity index (χ4v) is 4.56. The van der Waals surface area contributed by atoms with Gasteiger partial charge in [0, 0.05) is 13.1 Å². The highest BCUT2D eigenvalue weighted by Gasteiger charge is 2.37. The molecule has 1 heterocycles. The molecule has 4 rings (SSSR count). The average molecular weight is 416 g/mol. The van der Waals surface area contributed by atoms with Crippen molar-refractivity contribution in [2.75, 3.05) is 26.2 Å². The molecule has 160 valence electrons. The van der Waals surface area contributed by atoms with Gasteiger partial charge in [-0.2, -0.15) is 0 Å². The van der Waals surface area contributed by atoms with E-state index in [2.05, 4.69) is 41.3 Å². The molecule has 31 heavy (non-hydrogen) atoms. The minimum Gasteiger partial charge on any atom is -0.481 e. The number of carbonyl (C=O) groups is 1. The van der Waals surface area contributed by atoms with Crippen LogP contribution in [0.3, 0.4) is 0 Å². The Hall–Kier alpha value is -2.95. The smallest absolute Gasteiger partial charge is 0.307 e. The largest absolute Gasteiger partial charge is 0.481 e. The van der Waals surface area contributed by atoms with Crippen LogP contribution in [-0.2, 0) is 15.1 Å². The lowest BCUT2D eigenvalue weighted by Gasteiger charge is -2.37. The molecule has 1 fully saturated rings. The van der Waals surface area contributed by atoms with Crippen LogP contribution in [0.25, 0.3) is 0 Å². The summed E-state index contributed by atoms with van der Waals surface area (Å²) in [5.74, 6) is -0.978. The number of piperidine rings is 1. The number of hydrogen-bond donors (Lipinski definition) is 1. The van der Waals surface area contributed by atoms with Gasteiger partial charge in [-0.1, -0.05) is 91.0 Å². The van der Waals surface area contributed by atoms with Crippen molar-refractivity contribution in [2.45, 2.75) is 18.4 Å². The van der Waals surface area contributed by atoms with Gasteiger partial charge in [-0.05, 0) is 36.1 Å². The van der Waals surface area contributed by atoms with Crippen molar-refractivity contribution in [2.24, 2.45) is 5.92 Å². The highest BCUT2D eigenvalue weighted by Crippen LogP contribution is 2.40. The van der Waals surface area contributed by atoms with Crippen LogP contribution in [0.15, 0.2) is 91.0 Å².